The van der Waals surface area contributed by atoms with Crippen LogP contribution in [0.1, 0.15) is 23.0 Å². The van der Waals surface area contributed by atoms with Gasteiger partial charge in [0.15, 0.2) is 0 Å². The fourth-order valence-corrected chi connectivity index (χ4v) is 1.73. The van der Waals surface area contributed by atoms with E-state index in [1.807, 2.05) is 6.92 Å². The largest absolute Gasteiger partial charge is 0.478 e. The Morgan fingerprint density at radius 3 is 2.95 bits per heavy atom. The number of pyridine rings is 1. The van der Waals surface area contributed by atoms with Gasteiger partial charge < -0.3 is 10.4 Å². The van der Waals surface area contributed by atoms with Crippen LogP contribution in [0.15, 0.2) is 18.5 Å². The Kier molecular flexibility index (Phi) is 3.46. The van der Waals surface area contributed by atoms with Crippen molar-refractivity contribution in [2.24, 2.45) is 7.05 Å². The molecule has 0 saturated carbocycles. The molecule has 19 heavy (non-hydrogen) atoms. The third kappa shape index (κ3) is 2.70. The number of aromatic carboxylic acids is 1. The minimum absolute atomic E-state index is 0.0941. The van der Waals surface area contributed by atoms with E-state index in [0.717, 1.165) is 18.0 Å². The van der Waals surface area contributed by atoms with Gasteiger partial charge in [-0.25, -0.2) is 14.2 Å². The van der Waals surface area contributed by atoms with Gasteiger partial charge in [-0.1, -0.05) is 6.92 Å². The standard InChI is InChI=1S/C12H13FN4O2/c1-3-9-10(6-17(2)16-9)15-11-8(12(18)19)4-7(13)5-14-11/h4-6H,3H2,1-2H3,(H,14,15)(H,18,19). The topological polar surface area (TPSA) is 80.0 Å². The second kappa shape index (κ2) is 5.05. The highest BCUT2D eigenvalue weighted by atomic mass is 19.1. The van der Waals surface area contributed by atoms with Crippen molar-refractivity contribution in [2.75, 3.05) is 5.32 Å². The fourth-order valence-electron chi connectivity index (χ4n) is 1.73. The van der Waals surface area contributed by atoms with E-state index in [-0.39, 0.29) is 11.4 Å². The summed E-state index contributed by atoms with van der Waals surface area (Å²) in [6, 6.07) is 0.930. The molecule has 100 valence electrons. The Hall–Kier alpha value is -2.44. The van der Waals surface area contributed by atoms with Crippen LogP contribution in [0.2, 0.25) is 0 Å². The molecule has 2 aromatic heterocycles. The number of carbonyl (C=O) groups is 1. The van der Waals surface area contributed by atoms with Crippen molar-refractivity contribution in [1.82, 2.24) is 14.8 Å². The number of carboxylic acids is 1. The molecule has 2 aromatic rings. The molecule has 0 amide bonds. The third-order valence-corrected chi connectivity index (χ3v) is 2.58. The normalized spacial score (nSPS) is 10.5. The van der Waals surface area contributed by atoms with Gasteiger partial charge in [0.25, 0.3) is 0 Å². The van der Waals surface area contributed by atoms with Gasteiger partial charge in [0.2, 0.25) is 0 Å². The van der Waals surface area contributed by atoms with Crippen LogP contribution in [-0.4, -0.2) is 25.8 Å². The number of aryl methyl sites for hydroxylation is 2. The van der Waals surface area contributed by atoms with E-state index < -0.39 is 11.8 Å². The third-order valence-electron chi connectivity index (χ3n) is 2.58. The van der Waals surface area contributed by atoms with Gasteiger partial charge in [-0.15, -0.1) is 0 Å². The number of halogens is 1. The summed E-state index contributed by atoms with van der Waals surface area (Å²) in [5, 5.41) is 16.1. The quantitative estimate of drug-likeness (QED) is 0.882. The van der Waals surface area contributed by atoms with Crippen LogP contribution in [-0.2, 0) is 13.5 Å². The van der Waals surface area contributed by atoms with Gasteiger partial charge in [-0.05, 0) is 12.5 Å². The van der Waals surface area contributed by atoms with Crippen molar-refractivity contribution in [3.05, 3.63) is 35.5 Å². The Morgan fingerprint density at radius 2 is 2.32 bits per heavy atom. The van der Waals surface area contributed by atoms with Gasteiger partial charge >= 0.3 is 5.97 Å². The summed E-state index contributed by atoms with van der Waals surface area (Å²) in [5.74, 6) is -1.84. The lowest BCUT2D eigenvalue weighted by molar-refractivity contribution is 0.0697. The van der Waals surface area contributed by atoms with Gasteiger partial charge in [0.1, 0.15) is 17.2 Å². The molecule has 2 heterocycles. The average molecular weight is 264 g/mol. The molecule has 0 unspecified atom stereocenters. The molecule has 0 aliphatic carbocycles. The molecule has 0 bridgehead atoms. The molecular weight excluding hydrogens is 251 g/mol. The Labute approximate surface area is 108 Å². The fraction of sp³-hybridized carbons (Fsp3) is 0.250. The zero-order valence-corrected chi connectivity index (χ0v) is 10.5. The minimum atomic E-state index is -1.24. The molecule has 0 aliphatic heterocycles. The number of nitrogens with zero attached hydrogens (tertiary/aromatic N) is 3. The smallest absolute Gasteiger partial charge is 0.339 e. The first-order chi connectivity index (χ1) is 9.01. The van der Waals surface area contributed by atoms with Crippen molar-refractivity contribution in [1.29, 1.82) is 0 Å². The van der Waals surface area contributed by atoms with Gasteiger partial charge in [-0.3, -0.25) is 4.68 Å². The molecule has 6 nitrogen and oxygen atoms in total. The van der Waals surface area contributed by atoms with Crippen molar-refractivity contribution in [3.8, 4) is 0 Å². The molecule has 0 aromatic carbocycles. The summed E-state index contributed by atoms with van der Waals surface area (Å²) in [4.78, 5) is 14.8. The van der Waals surface area contributed by atoms with Crippen LogP contribution in [0.3, 0.4) is 0 Å². The van der Waals surface area contributed by atoms with Gasteiger partial charge in [0, 0.05) is 13.2 Å². The molecular formula is C12H13FN4O2. The lowest BCUT2D eigenvalue weighted by Crippen LogP contribution is -2.06. The van der Waals surface area contributed by atoms with Crippen LogP contribution >= 0.6 is 0 Å². The second-order valence-electron chi connectivity index (χ2n) is 4.00. The maximum atomic E-state index is 13.0. The van der Waals surface area contributed by atoms with E-state index in [1.54, 1.807) is 17.9 Å². The second-order valence-corrected chi connectivity index (χ2v) is 4.00. The van der Waals surface area contributed by atoms with Crippen LogP contribution in [0.25, 0.3) is 0 Å². The van der Waals surface area contributed by atoms with Gasteiger partial charge in [0.05, 0.1) is 17.6 Å². The summed E-state index contributed by atoms with van der Waals surface area (Å²) in [7, 11) is 1.76. The average Bonchev–Trinajstić information content (AvgIpc) is 2.71. The molecule has 0 saturated heterocycles. The molecule has 0 atom stereocenters. The molecule has 0 spiro atoms. The van der Waals surface area contributed by atoms with E-state index in [4.69, 9.17) is 5.11 Å². The predicted octanol–water partition coefficient (Wildman–Crippen LogP) is 1.96. The van der Waals surface area contributed by atoms with E-state index in [9.17, 15) is 9.18 Å². The summed E-state index contributed by atoms with van der Waals surface area (Å²) in [6.45, 7) is 1.93. The van der Waals surface area contributed by atoms with Crippen molar-refractivity contribution in [3.63, 3.8) is 0 Å². The first-order valence-corrected chi connectivity index (χ1v) is 5.69. The van der Waals surface area contributed by atoms with E-state index >= 15 is 0 Å². The lowest BCUT2D eigenvalue weighted by Gasteiger charge is -2.07. The van der Waals surface area contributed by atoms with Gasteiger partial charge in [-0.2, -0.15) is 5.10 Å². The van der Waals surface area contributed by atoms with E-state index in [1.165, 1.54) is 0 Å². The van der Waals surface area contributed by atoms with Crippen molar-refractivity contribution in [2.45, 2.75) is 13.3 Å². The minimum Gasteiger partial charge on any atom is -0.478 e. The maximum absolute atomic E-state index is 13.0. The molecule has 0 fully saturated rings. The summed E-state index contributed by atoms with van der Waals surface area (Å²) in [5.41, 5.74) is 1.22. The molecule has 2 rings (SSSR count). The predicted molar refractivity (Wildman–Crippen MR) is 67.0 cm³/mol. The Morgan fingerprint density at radius 1 is 1.58 bits per heavy atom. The lowest BCUT2D eigenvalue weighted by atomic mass is 10.2. The van der Waals surface area contributed by atoms with Crippen LogP contribution in [0, 0.1) is 5.82 Å². The molecule has 0 radical (unpaired) electrons. The molecule has 7 heteroatoms. The van der Waals surface area contributed by atoms with Crippen molar-refractivity contribution >= 4 is 17.5 Å². The van der Waals surface area contributed by atoms with Crippen LogP contribution < -0.4 is 5.32 Å². The number of hydrogen-bond acceptors (Lipinski definition) is 4. The van der Waals surface area contributed by atoms with E-state index in [0.29, 0.717) is 12.1 Å². The maximum Gasteiger partial charge on any atom is 0.339 e. The Bertz CT molecular complexity index is 624. The van der Waals surface area contributed by atoms with Crippen LogP contribution in [0.4, 0.5) is 15.9 Å². The zero-order chi connectivity index (χ0) is 14.0. The number of nitrogens with one attached hydrogen (secondary N) is 1. The molecule has 0 aliphatic rings. The first kappa shape index (κ1) is 13.0. The Balaban J connectivity index is 2.40. The number of aromatic nitrogens is 3. The molecule has 2 N–H and O–H groups in total. The number of anilines is 2. The number of carboxylic acid groups (broad SMARTS) is 1. The monoisotopic (exact) mass is 264 g/mol. The SMILES string of the molecule is CCc1nn(C)cc1Nc1ncc(F)cc1C(=O)O. The highest BCUT2D eigenvalue weighted by Gasteiger charge is 2.15. The van der Waals surface area contributed by atoms with E-state index in [2.05, 4.69) is 15.4 Å². The zero-order valence-electron chi connectivity index (χ0n) is 10.5. The summed E-state index contributed by atoms with van der Waals surface area (Å²) >= 11 is 0. The summed E-state index contributed by atoms with van der Waals surface area (Å²) < 4.78 is 14.6. The highest BCUT2D eigenvalue weighted by molar-refractivity contribution is 5.94. The highest BCUT2D eigenvalue weighted by Crippen LogP contribution is 2.22. The summed E-state index contributed by atoms with van der Waals surface area (Å²) in [6.07, 6.45) is 3.37. The van der Waals surface area contributed by atoms with Crippen molar-refractivity contribution < 1.29 is 14.3 Å². The number of hydrogen-bond donors (Lipinski definition) is 2. The van der Waals surface area contributed by atoms with Crippen LogP contribution in [0.5, 0.6) is 0 Å². The number of rotatable bonds is 4. The first-order valence-electron chi connectivity index (χ1n) is 5.69.